The molecule has 0 unspecified atom stereocenters. The van der Waals surface area contributed by atoms with Gasteiger partial charge in [0.1, 0.15) is 23.9 Å². The summed E-state index contributed by atoms with van der Waals surface area (Å²) in [6.45, 7) is 5.96. The number of hydrogen-bond acceptors (Lipinski definition) is 4. The molecular weight excluding hydrogens is 410 g/mol. The Morgan fingerprint density at radius 1 is 0.758 bits per heavy atom. The quantitative estimate of drug-likeness (QED) is 0.237. The molecule has 170 valence electrons. The van der Waals surface area contributed by atoms with E-state index in [1.165, 1.54) is 0 Å². The molecular formula is C29H31NO3. The van der Waals surface area contributed by atoms with Gasteiger partial charge < -0.3 is 14.2 Å². The predicted octanol–water partition coefficient (Wildman–Crippen LogP) is 6.92. The Morgan fingerprint density at radius 3 is 2.33 bits per heavy atom. The van der Waals surface area contributed by atoms with Gasteiger partial charge in [-0.2, -0.15) is 0 Å². The van der Waals surface area contributed by atoms with Crippen molar-refractivity contribution >= 4 is 10.9 Å². The molecule has 0 amide bonds. The number of rotatable bonds is 11. The maximum atomic E-state index is 6.32. The number of aryl methyl sites for hydroxylation is 1. The number of fused-ring (bicyclic) bond motifs is 1. The Morgan fingerprint density at radius 2 is 1.52 bits per heavy atom. The van der Waals surface area contributed by atoms with Gasteiger partial charge in [0.25, 0.3) is 0 Å². The van der Waals surface area contributed by atoms with E-state index in [-0.39, 0.29) is 0 Å². The summed E-state index contributed by atoms with van der Waals surface area (Å²) in [5, 5.41) is 1.06. The lowest BCUT2D eigenvalue weighted by Crippen LogP contribution is -2.04. The number of aromatic nitrogens is 1. The van der Waals surface area contributed by atoms with Crippen molar-refractivity contribution in [1.82, 2.24) is 4.98 Å². The Labute approximate surface area is 196 Å². The zero-order valence-corrected chi connectivity index (χ0v) is 19.4. The zero-order chi connectivity index (χ0) is 22.9. The molecule has 0 N–H and O–H groups in total. The van der Waals surface area contributed by atoms with E-state index in [0.717, 1.165) is 64.2 Å². The Kier molecular flexibility index (Phi) is 7.81. The molecule has 3 aromatic carbocycles. The second kappa shape index (κ2) is 11.4. The molecule has 4 aromatic rings. The van der Waals surface area contributed by atoms with Gasteiger partial charge in [0.15, 0.2) is 0 Å². The highest BCUT2D eigenvalue weighted by molar-refractivity contribution is 5.86. The van der Waals surface area contributed by atoms with Crippen LogP contribution in [-0.2, 0) is 13.0 Å². The monoisotopic (exact) mass is 441 g/mol. The first-order valence-corrected chi connectivity index (χ1v) is 11.6. The van der Waals surface area contributed by atoms with Crippen LogP contribution in [0.4, 0.5) is 0 Å². The summed E-state index contributed by atoms with van der Waals surface area (Å²) in [6.07, 6.45) is 2.84. The van der Waals surface area contributed by atoms with Crippen LogP contribution >= 0.6 is 0 Å². The van der Waals surface area contributed by atoms with E-state index in [0.29, 0.717) is 19.8 Å². The molecule has 0 aliphatic heterocycles. The van der Waals surface area contributed by atoms with E-state index >= 15 is 0 Å². The van der Waals surface area contributed by atoms with Crippen LogP contribution in [0.5, 0.6) is 17.2 Å². The number of hydrogen-bond donors (Lipinski definition) is 0. The van der Waals surface area contributed by atoms with Gasteiger partial charge in [0.2, 0.25) is 0 Å². The third-order valence-electron chi connectivity index (χ3n) is 5.60. The van der Waals surface area contributed by atoms with Crippen molar-refractivity contribution in [3.8, 4) is 17.2 Å². The Hall–Kier alpha value is -3.53. The van der Waals surface area contributed by atoms with Gasteiger partial charge >= 0.3 is 0 Å². The van der Waals surface area contributed by atoms with Gasteiger partial charge in [-0.05, 0) is 62.9 Å². The lowest BCUT2D eigenvalue weighted by Gasteiger charge is -2.16. The summed E-state index contributed by atoms with van der Waals surface area (Å²) in [4.78, 5) is 4.94. The van der Waals surface area contributed by atoms with Gasteiger partial charge in [-0.3, -0.25) is 4.98 Å². The number of para-hydroxylation sites is 1. The SMILES string of the molecule is CCOc1cccc(OCCCCc2nc3ccccc3c(OCc3ccccc3)c2C)c1. The normalized spacial score (nSPS) is 10.8. The molecule has 0 aliphatic carbocycles. The molecule has 1 heterocycles. The van der Waals surface area contributed by atoms with Gasteiger partial charge in [-0.25, -0.2) is 0 Å². The number of nitrogens with zero attached hydrogens (tertiary/aromatic N) is 1. The molecule has 4 rings (SSSR count). The molecule has 0 atom stereocenters. The fraction of sp³-hybridized carbons (Fsp3) is 0.276. The van der Waals surface area contributed by atoms with Crippen LogP contribution in [0.1, 0.15) is 36.6 Å². The lowest BCUT2D eigenvalue weighted by molar-refractivity contribution is 0.300. The first-order valence-electron chi connectivity index (χ1n) is 11.6. The van der Waals surface area contributed by atoms with Crippen LogP contribution in [0.2, 0.25) is 0 Å². The van der Waals surface area contributed by atoms with Crippen molar-refractivity contribution in [3.05, 3.63) is 95.7 Å². The maximum Gasteiger partial charge on any atom is 0.133 e. The van der Waals surface area contributed by atoms with E-state index < -0.39 is 0 Å². The first-order chi connectivity index (χ1) is 16.2. The number of ether oxygens (including phenoxy) is 3. The summed E-state index contributed by atoms with van der Waals surface area (Å²) in [5.41, 5.74) is 4.35. The van der Waals surface area contributed by atoms with Crippen LogP contribution in [0.3, 0.4) is 0 Å². The molecule has 4 heteroatoms. The average molecular weight is 442 g/mol. The van der Waals surface area contributed by atoms with Gasteiger partial charge in [0.05, 0.1) is 18.7 Å². The van der Waals surface area contributed by atoms with Crippen molar-refractivity contribution in [1.29, 1.82) is 0 Å². The third-order valence-corrected chi connectivity index (χ3v) is 5.60. The molecule has 33 heavy (non-hydrogen) atoms. The molecule has 0 radical (unpaired) electrons. The minimum absolute atomic E-state index is 0.545. The van der Waals surface area contributed by atoms with E-state index in [9.17, 15) is 0 Å². The highest BCUT2D eigenvalue weighted by Crippen LogP contribution is 2.31. The topological polar surface area (TPSA) is 40.6 Å². The van der Waals surface area contributed by atoms with E-state index in [2.05, 4.69) is 31.2 Å². The summed E-state index contributed by atoms with van der Waals surface area (Å²) < 4.78 is 17.8. The molecule has 0 saturated heterocycles. The largest absolute Gasteiger partial charge is 0.494 e. The summed E-state index contributed by atoms with van der Waals surface area (Å²) in [6, 6.07) is 26.3. The maximum absolute atomic E-state index is 6.32. The summed E-state index contributed by atoms with van der Waals surface area (Å²) >= 11 is 0. The van der Waals surface area contributed by atoms with E-state index in [1.54, 1.807) is 0 Å². The van der Waals surface area contributed by atoms with Crippen LogP contribution < -0.4 is 14.2 Å². The van der Waals surface area contributed by atoms with Gasteiger partial charge in [-0.15, -0.1) is 0 Å². The van der Waals surface area contributed by atoms with Crippen LogP contribution in [0.15, 0.2) is 78.9 Å². The second-order valence-corrected chi connectivity index (χ2v) is 8.02. The van der Waals surface area contributed by atoms with Gasteiger partial charge in [0, 0.05) is 22.7 Å². The molecule has 1 aromatic heterocycles. The number of pyridine rings is 1. The fourth-order valence-corrected chi connectivity index (χ4v) is 3.89. The predicted molar refractivity (Wildman–Crippen MR) is 133 cm³/mol. The molecule has 0 fully saturated rings. The van der Waals surface area contributed by atoms with Crippen LogP contribution in [0.25, 0.3) is 10.9 Å². The molecule has 0 saturated carbocycles. The Balaban J connectivity index is 1.39. The third kappa shape index (κ3) is 6.04. The molecule has 4 nitrogen and oxygen atoms in total. The van der Waals surface area contributed by atoms with Crippen molar-refractivity contribution in [2.75, 3.05) is 13.2 Å². The first kappa shape index (κ1) is 22.7. The van der Waals surface area contributed by atoms with E-state index in [1.807, 2.05) is 61.5 Å². The fourth-order valence-electron chi connectivity index (χ4n) is 3.89. The van der Waals surface area contributed by atoms with Crippen molar-refractivity contribution < 1.29 is 14.2 Å². The lowest BCUT2D eigenvalue weighted by atomic mass is 10.0. The zero-order valence-electron chi connectivity index (χ0n) is 19.4. The molecule has 0 spiro atoms. The average Bonchev–Trinajstić information content (AvgIpc) is 2.85. The van der Waals surface area contributed by atoms with Crippen molar-refractivity contribution in [2.24, 2.45) is 0 Å². The van der Waals surface area contributed by atoms with E-state index in [4.69, 9.17) is 19.2 Å². The molecule has 0 aliphatic rings. The van der Waals surface area contributed by atoms with Crippen molar-refractivity contribution in [3.63, 3.8) is 0 Å². The standard InChI is InChI=1S/C29H31NO3/c1-3-31-24-14-11-15-25(20-24)32-19-10-9-17-27-22(2)29(26-16-7-8-18-28(26)30-27)33-21-23-12-5-4-6-13-23/h4-8,11-16,18,20H,3,9-10,17,19,21H2,1-2H3. The summed E-state index contributed by atoms with van der Waals surface area (Å²) in [5.74, 6) is 2.62. The highest BCUT2D eigenvalue weighted by Gasteiger charge is 2.13. The molecule has 0 bridgehead atoms. The Bertz CT molecular complexity index is 1170. The minimum atomic E-state index is 0.545. The van der Waals surface area contributed by atoms with Crippen molar-refractivity contribution in [2.45, 2.75) is 39.7 Å². The smallest absolute Gasteiger partial charge is 0.133 e. The second-order valence-electron chi connectivity index (χ2n) is 8.02. The number of unbranched alkanes of at least 4 members (excludes halogenated alkanes) is 1. The van der Waals surface area contributed by atoms with Gasteiger partial charge in [-0.1, -0.05) is 48.5 Å². The van der Waals surface area contributed by atoms with Crippen LogP contribution in [0, 0.1) is 6.92 Å². The number of benzene rings is 3. The highest BCUT2D eigenvalue weighted by atomic mass is 16.5. The minimum Gasteiger partial charge on any atom is -0.494 e. The van der Waals surface area contributed by atoms with Crippen LogP contribution in [-0.4, -0.2) is 18.2 Å². The summed E-state index contributed by atoms with van der Waals surface area (Å²) in [7, 11) is 0.